The van der Waals surface area contributed by atoms with E-state index in [2.05, 4.69) is 29.4 Å². The van der Waals surface area contributed by atoms with Crippen molar-refractivity contribution >= 4 is 18.3 Å². The Morgan fingerprint density at radius 2 is 2.00 bits per heavy atom. The lowest BCUT2D eigenvalue weighted by Crippen LogP contribution is -2.76. The Bertz CT molecular complexity index is 582. The zero-order valence-corrected chi connectivity index (χ0v) is 17.4. The van der Waals surface area contributed by atoms with Gasteiger partial charge in [-0.15, -0.1) is 12.4 Å². The number of benzene rings is 1. The van der Waals surface area contributed by atoms with Gasteiger partial charge in [-0.1, -0.05) is 44.2 Å². The minimum atomic E-state index is -0.862. The highest BCUT2D eigenvalue weighted by atomic mass is 35.5. The predicted octanol–water partition coefficient (Wildman–Crippen LogP) is 2.58. The molecule has 0 heterocycles. The third kappa shape index (κ3) is 4.77. The average Bonchev–Trinajstić information content (AvgIpc) is 2.54. The molecule has 0 bridgehead atoms. The monoisotopic (exact) mass is 383 g/mol. The van der Waals surface area contributed by atoms with Crippen LogP contribution in [0.2, 0.25) is 0 Å². The van der Waals surface area contributed by atoms with Gasteiger partial charge in [0.05, 0.1) is 6.10 Å². The molecule has 26 heavy (non-hydrogen) atoms. The molecule has 2 rings (SSSR count). The second-order valence-corrected chi connectivity index (χ2v) is 7.90. The highest BCUT2D eigenvalue weighted by Gasteiger charge is 2.62. The van der Waals surface area contributed by atoms with Crippen molar-refractivity contribution in [3.8, 4) is 0 Å². The van der Waals surface area contributed by atoms with Gasteiger partial charge in [-0.2, -0.15) is 0 Å². The molecule has 0 saturated heterocycles. The van der Waals surface area contributed by atoms with Crippen molar-refractivity contribution in [2.24, 2.45) is 11.1 Å². The molecule has 6 heteroatoms. The van der Waals surface area contributed by atoms with Gasteiger partial charge in [0.2, 0.25) is 5.91 Å². The van der Waals surface area contributed by atoms with Crippen molar-refractivity contribution in [2.45, 2.75) is 58.3 Å². The molecule has 3 atom stereocenters. The number of rotatable bonds is 8. The van der Waals surface area contributed by atoms with Crippen molar-refractivity contribution in [3.63, 3.8) is 0 Å². The van der Waals surface area contributed by atoms with Crippen LogP contribution in [-0.4, -0.2) is 48.7 Å². The molecule has 5 nitrogen and oxygen atoms in total. The van der Waals surface area contributed by atoms with Crippen LogP contribution in [0.5, 0.6) is 0 Å². The Morgan fingerprint density at radius 3 is 2.54 bits per heavy atom. The zero-order valence-electron chi connectivity index (χ0n) is 16.6. The standard InChI is InChI=1S/C20H33N3O2.ClH/c1-6-25-17-12-20(21,19(17,3)4)18(24)22-15(2)13-23(5)14-16-10-8-7-9-11-16;/h7-11,15,17H,6,12-14,21H2,1-5H3,(H,22,24);1H. The predicted molar refractivity (Wildman–Crippen MR) is 108 cm³/mol. The molecule has 148 valence electrons. The average molecular weight is 384 g/mol. The summed E-state index contributed by atoms with van der Waals surface area (Å²) in [5.74, 6) is -0.0749. The largest absolute Gasteiger partial charge is 0.378 e. The lowest BCUT2D eigenvalue weighted by atomic mass is 9.54. The molecule has 0 radical (unpaired) electrons. The van der Waals surface area contributed by atoms with E-state index in [1.807, 2.05) is 45.9 Å². The fraction of sp³-hybridized carbons (Fsp3) is 0.650. The van der Waals surface area contributed by atoms with Gasteiger partial charge >= 0.3 is 0 Å². The number of nitrogens with two attached hydrogens (primary N) is 1. The number of nitrogens with zero attached hydrogens (tertiary/aromatic N) is 1. The Morgan fingerprint density at radius 1 is 1.38 bits per heavy atom. The SMILES string of the molecule is CCOC1CC(N)(C(=O)NC(C)CN(C)Cc2ccccc2)C1(C)C.Cl. The maximum absolute atomic E-state index is 12.8. The van der Waals surface area contributed by atoms with Crippen LogP contribution >= 0.6 is 12.4 Å². The van der Waals surface area contributed by atoms with Crippen molar-refractivity contribution in [1.82, 2.24) is 10.2 Å². The quantitative estimate of drug-likeness (QED) is 0.724. The number of ether oxygens (including phenoxy) is 1. The third-order valence-corrected chi connectivity index (χ3v) is 5.49. The number of likely N-dealkylation sites (N-methyl/N-ethyl adjacent to an activating group) is 1. The summed E-state index contributed by atoms with van der Waals surface area (Å²) in [6, 6.07) is 10.4. The molecule has 1 amide bonds. The molecule has 0 spiro atoms. The van der Waals surface area contributed by atoms with Gasteiger partial charge in [0, 0.05) is 37.6 Å². The van der Waals surface area contributed by atoms with E-state index >= 15 is 0 Å². The van der Waals surface area contributed by atoms with E-state index in [4.69, 9.17) is 10.5 Å². The van der Waals surface area contributed by atoms with Gasteiger partial charge < -0.3 is 20.7 Å². The molecule has 1 aromatic carbocycles. The number of nitrogens with one attached hydrogen (secondary N) is 1. The van der Waals surface area contributed by atoms with Crippen LogP contribution < -0.4 is 11.1 Å². The van der Waals surface area contributed by atoms with E-state index in [0.29, 0.717) is 13.0 Å². The van der Waals surface area contributed by atoms with Gasteiger partial charge in [0.15, 0.2) is 0 Å². The number of hydrogen-bond donors (Lipinski definition) is 2. The lowest BCUT2D eigenvalue weighted by molar-refractivity contribution is -0.171. The summed E-state index contributed by atoms with van der Waals surface area (Å²) < 4.78 is 5.71. The molecule has 0 aromatic heterocycles. The van der Waals surface area contributed by atoms with E-state index in [1.54, 1.807) is 0 Å². The second-order valence-electron chi connectivity index (χ2n) is 7.90. The van der Waals surface area contributed by atoms with Crippen LogP contribution in [0, 0.1) is 5.41 Å². The van der Waals surface area contributed by atoms with Crippen LogP contribution in [0.1, 0.15) is 39.7 Å². The lowest BCUT2D eigenvalue weighted by Gasteiger charge is -2.57. The van der Waals surface area contributed by atoms with Crippen molar-refractivity contribution in [2.75, 3.05) is 20.2 Å². The van der Waals surface area contributed by atoms with Crippen LogP contribution in [0.15, 0.2) is 30.3 Å². The zero-order chi connectivity index (χ0) is 18.7. The summed E-state index contributed by atoms with van der Waals surface area (Å²) in [5.41, 5.74) is 6.48. The molecule has 1 saturated carbocycles. The summed E-state index contributed by atoms with van der Waals surface area (Å²) in [7, 11) is 2.06. The van der Waals surface area contributed by atoms with Crippen LogP contribution in [-0.2, 0) is 16.1 Å². The summed E-state index contributed by atoms with van der Waals surface area (Å²) in [6.45, 7) is 10.3. The van der Waals surface area contributed by atoms with E-state index in [0.717, 1.165) is 13.1 Å². The first-order valence-corrected chi connectivity index (χ1v) is 9.14. The summed E-state index contributed by atoms with van der Waals surface area (Å²) in [6.07, 6.45) is 0.621. The van der Waals surface area contributed by atoms with Crippen LogP contribution in [0.4, 0.5) is 0 Å². The minimum Gasteiger partial charge on any atom is -0.378 e. The Balaban J connectivity index is 0.00000338. The van der Waals surface area contributed by atoms with Gasteiger partial charge in [-0.05, 0) is 26.5 Å². The Hall–Kier alpha value is -1.14. The second kappa shape index (κ2) is 9.18. The number of hydrogen-bond acceptors (Lipinski definition) is 4. The maximum Gasteiger partial charge on any atom is 0.241 e. The van der Waals surface area contributed by atoms with Gasteiger partial charge in [0.25, 0.3) is 0 Å². The number of carbonyl (C=O) groups is 1. The van der Waals surface area contributed by atoms with Crippen molar-refractivity contribution in [1.29, 1.82) is 0 Å². The van der Waals surface area contributed by atoms with E-state index in [9.17, 15) is 4.79 Å². The molecule has 0 aliphatic heterocycles. The molecule has 1 aliphatic rings. The van der Waals surface area contributed by atoms with Gasteiger partial charge in [-0.3, -0.25) is 4.79 Å². The van der Waals surface area contributed by atoms with Crippen LogP contribution in [0.3, 0.4) is 0 Å². The number of carbonyl (C=O) groups excluding carboxylic acids is 1. The molecular formula is C20H34ClN3O2. The van der Waals surface area contributed by atoms with E-state index < -0.39 is 5.54 Å². The minimum absolute atomic E-state index is 0. The molecule has 1 aliphatic carbocycles. The van der Waals surface area contributed by atoms with Crippen molar-refractivity contribution < 1.29 is 9.53 Å². The fourth-order valence-corrected chi connectivity index (χ4v) is 3.65. The summed E-state index contributed by atoms with van der Waals surface area (Å²) >= 11 is 0. The highest BCUT2D eigenvalue weighted by molar-refractivity contribution is 5.89. The summed E-state index contributed by atoms with van der Waals surface area (Å²) in [5, 5.41) is 3.10. The smallest absolute Gasteiger partial charge is 0.241 e. The number of halogens is 1. The number of amides is 1. The summed E-state index contributed by atoms with van der Waals surface area (Å²) in [4.78, 5) is 15.0. The Labute approximate surface area is 164 Å². The van der Waals surface area contributed by atoms with Gasteiger partial charge in [0.1, 0.15) is 5.54 Å². The topological polar surface area (TPSA) is 67.6 Å². The first kappa shape index (κ1) is 22.9. The maximum atomic E-state index is 12.8. The van der Waals surface area contributed by atoms with Crippen LogP contribution in [0.25, 0.3) is 0 Å². The molecular weight excluding hydrogens is 350 g/mol. The fourth-order valence-electron chi connectivity index (χ4n) is 3.65. The van der Waals surface area contributed by atoms with E-state index in [-0.39, 0.29) is 35.9 Å². The molecule has 1 aromatic rings. The normalized spacial score (nSPS) is 25.1. The molecule has 1 fully saturated rings. The van der Waals surface area contributed by atoms with Crippen molar-refractivity contribution in [3.05, 3.63) is 35.9 Å². The molecule has 3 unspecified atom stereocenters. The molecule has 3 N–H and O–H groups in total. The first-order valence-electron chi connectivity index (χ1n) is 9.14. The Kier molecular flexibility index (Phi) is 8.08. The third-order valence-electron chi connectivity index (χ3n) is 5.49. The van der Waals surface area contributed by atoms with E-state index in [1.165, 1.54) is 5.56 Å². The first-order chi connectivity index (χ1) is 11.7. The highest BCUT2D eigenvalue weighted by Crippen LogP contribution is 2.49. The van der Waals surface area contributed by atoms with Gasteiger partial charge in [-0.25, -0.2) is 0 Å².